The Kier molecular flexibility index (Phi) is 5.66. The van der Waals surface area contributed by atoms with E-state index >= 15 is 0 Å². The molecule has 0 bridgehead atoms. The molecular weight excluding hydrogens is 379 g/mol. The van der Waals surface area contributed by atoms with Gasteiger partial charge in [-0.3, -0.25) is 15.0 Å². The Morgan fingerprint density at radius 3 is 2.52 bits per heavy atom. The molecule has 27 heavy (non-hydrogen) atoms. The summed E-state index contributed by atoms with van der Waals surface area (Å²) in [6, 6.07) is 4.98. The largest absolute Gasteiger partial charge is 0.416 e. The lowest BCUT2D eigenvalue weighted by Gasteiger charge is -2.38. The molecule has 1 N–H and O–H groups in total. The molecule has 146 valence electrons. The molecule has 2 heterocycles. The second-order valence-electron chi connectivity index (χ2n) is 6.36. The molecule has 3 rings (SSSR count). The molecule has 6 nitrogen and oxygen atoms in total. The molecule has 1 unspecified atom stereocenters. The molecule has 1 aromatic carbocycles. The second kappa shape index (κ2) is 7.81. The number of nitrogens with one attached hydrogen (secondary N) is 1. The van der Waals surface area contributed by atoms with Crippen LogP contribution in [0, 0.1) is 6.92 Å². The first kappa shape index (κ1) is 19.6. The Morgan fingerprint density at radius 1 is 1.22 bits per heavy atom. The number of aromatic nitrogens is 2. The van der Waals surface area contributed by atoms with Crippen molar-refractivity contribution in [3.05, 3.63) is 34.8 Å². The highest BCUT2D eigenvalue weighted by atomic mass is 32.1. The Bertz CT molecular complexity index is 802. The van der Waals surface area contributed by atoms with Crippen molar-refractivity contribution in [2.24, 2.45) is 0 Å². The number of anilines is 2. The molecule has 0 aliphatic carbocycles. The van der Waals surface area contributed by atoms with E-state index in [9.17, 15) is 18.0 Å². The van der Waals surface area contributed by atoms with Crippen molar-refractivity contribution in [2.75, 3.05) is 36.4 Å². The van der Waals surface area contributed by atoms with E-state index in [4.69, 9.17) is 0 Å². The molecule has 0 saturated carbocycles. The Balaban J connectivity index is 1.57. The third-order valence-corrected chi connectivity index (χ3v) is 5.29. The summed E-state index contributed by atoms with van der Waals surface area (Å²) in [5.74, 6) is -0.168. The topological polar surface area (TPSA) is 61.4 Å². The van der Waals surface area contributed by atoms with Crippen LogP contribution >= 0.6 is 11.3 Å². The van der Waals surface area contributed by atoms with Crippen LogP contribution in [0.1, 0.15) is 17.5 Å². The van der Waals surface area contributed by atoms with Crippen molar-refractivity contribution in [2.45, 2.75) is 26.1 Å². The van der Waals surface area contributed by atoms with Crippen molar-refractivity contribution < 1.29 is 18.0 Å². The van der Waals surface area contributed by atoms with Gasteiger partial charge in [0.2, 0.25) is 11.0 Å². The van der Waals surface area contributed by atoms with Crippen LogP contribution < -0.4 is 10.2 Å². The van der Waals surface area contributed by atoms with Gasteiger partial charge in [0.25, 0.3) is 0 Å². The normalized spacial score (nSPS) is 17.0. The predicted molar refractivity (Wildman–Crippen MR) is 98.0 cm³/mol. The number of piperazine rings is 1. The Morgan fingerprint density at radius 2 is 1.93 bits per heavy atom. The molecule has 1 amide bonds. The van der Waals surface area contributed by atoms with Crippen LogP contribution in [0.3, 0.4) is 0 Å². The molecule has 1 aliphatic rings. The van der Waals surface area contributed by atoms with Crippen LogP contribution in [0.4, 0.5) is 24.0 Å². The van der Waals surface area contributed by atoms with E-state index < -0.39 is 11.7 Å². The quantitative estimate of drug-likeness (QED) is 0.857. The maximum absolute atomic E-state index is 12.9. The first-order valence-electron chi connectivity index (χ1n) is 8.51. The third kappa shape index (κ3) is 4.75. The van der Waals surface area contributed by atoms with Gasteiger partial charge in [-0.25, -0.2) is 0 Å². The van der Waals surface area contributed by atoms with Crippen LogP contribution in [0.15, 0.2) is 24.3 Å². The van der Waals surface area contributed by atoms with E-state index in [1.165, 1.54) is 23.5 Å². The molecule has 1 aliphatic heterocycles. The number of carbonyl (C=O) groups is 1. The number of aryl methyl sites for hydroxylation is 1. The maximum atomic E-state index is 12.9. The molecule has 0 spiro atoms. The van der Waals surface area contributed by atoms with Crippen LogP contribution in [0.2, 0.25) is 0 Å². The van der Waals surface area contributed by atoms with Gasteiger partial charge in [-0.05, 0) is 32.0 Å². The number of alkyl halides is 3. The lowest BCUT2D eigenvalue weighted by atomic mass is 10.1. The van der Waals surface area contributed by atoms with Gasteiger partial charge < -0.3 is 4.90 Å². The standard InChI is InChI=1S/C17H20F3N5OS/c1-11(15(26)21-16-23-22-12(2)27-16)24-6-8-25(9-7-24)14-5-3-4-13(10-14)17(18,19)20/h3-5,10-11H,6-9H2,1-2H3,(H,21,23,26). The van der Waals surface area contributed by atoms with Crippen molar-refractivity contribution in [1.29, 1.82) is 0 Å². The average Bonchev–Trinajstić information content (AvgIpc) is 3.05. The first-order chi connectivity index (χ1) is 12.7. The zero-order valence-corrected chi connectivity index (χ0v) is 15.8. The summed E-state index contributed by atoms with van der Waals surface area (Å²) in [5, 5.41) is 11.7. The summed E-state index contributed by atoms with van der Waals surface area (Å²) in [6.45, 7) is 5.89. The van der Waals surface area contributed by atoms with Gasteiger partial charge in [0.05, 0.1) is 11.6 Å². The maximum Gasteiger partial charge on any atom is 0.416 e. The van der Waals surface area contributed by atoms with E-state index in [1.54, 1.807) is 6.07 Å². The average molecular weight is 399 g/mol. The molecule has 0 radical (unpaired) electrons. The molecule has 10 heteroatoms. The van der Waals surface area contributed by atoms with Gasteiger partial charge >= 0.3 is 6.18 Å². The summed E-state index contributed by atoms with van der Waals surface area (Å²) < 4.78 is 38.7. The summed E-state index contributed by atoms with van der Waals surface area (Å²) >= 11 is 1.31. The van der Waals surface area contributed by atoms with Gasteiger partial charge in [0, 0.05) is 31.9 Å². The van der Waals surface area contributed by atoms with Crippen molar-refractivity contribution in [1.82, 2.24) is 15.1 Å². The van der Waals surface area contributed by atoms with E-state index in [0.717, 1.165) is 11.1 Å². The van der Waals surface area contributed by atoms with Gasteiger partial charge in [0.1, 0.15) is 5.01 Å². The lowest BCUT2D eigenvalue weighted by Crippen LogP contribution is -2.52. The number of benzene rings is 1. The van der Waals surface area contributed by atoms with Crippen LogP contribution in [-0.2, 0) is 11.0 Å². The van der Waals surface area contributed by atoms with E-state index in [-0.39, 0.29) is 11.9 Å². The predicted octanol–water partition coefficient (Wildman–Crippen LogP) is 3.01. The molecular formula is C17H20F3N5OS. The highest BCUT2D eigenvalue weighted by Gasteiger charge is 2.31. The highest BCUT2D eigenvalue weighted by molar-refractivity contribution is 7.15. The molecule has 2 aromatic rings. The van der Waals surface area contributed by atoms with E-state index in [1.807, 2.05) is 23.6 Å². The number of hydrogen-bond donors (Lipinski definition) is 1. The SMILES string of the molecule is Cc1nnc(NC(=O)C(C)N2CCN(c3cccc(C(F)(F)F)c3)CC2)s1. The van der Waals surface area contributed by atoms with Crippen molar-refractivity contribution in [3.63, 3.8) is 0 Å². The number of hydrogen-bond acceptors (Lipinski definition) is 6. The zero-order chi connectivity index (χ0) is 19.6. The number of halogens is 3. The molecule has 1 aromatic heterocycles. The minimum atomic E-state index is -4.35. The fourth-order valence-corrected chi connectivity index (χ4v) is 3.56. The van der Waals surface area contributed by atoms with Gasteiger partial charge in [-0.2, -0.15) is 13.2 Å². The second-order valence-corrected chi connectivity index (χ2v) is 7.54. The van der Waals surface area contributed by atoms with Crippen molar-refractivity contribution in [3.8, 4) is 0 Å². The van der Waals surface area contributed by atoms with Gasteiger partial charge in [-0.1, -0.05) is 17.4 Å². The van der Waals surface area contributed by atoms with E-state index in [0.29, 0.717) is 37.0 Å². The smallest absolute Gasteiger partial charge is 0.369 e. The minimum absolute atomic E-state index is 0.168. The molecule has 1 saturated heterocycles. The van der Waals surface area contributed by atoms with Gasteiger partial charge in [-0.15, -0.1) is 10.2 Å². The fourth-order valence-electron chi connectivity index (χ4n) is 2.97. The lowest BCUT2D eigenvalue weighted by molar-refractivity contribution is -0.137. The van der Waals surface area contributed by atoms with Crippen LogP contribution in [0.25, 0.3) is 0 Å². The summed E-state index contributed by atoms with van der Waals surface area (Å²) in [7, 11) is 0. The van der Waals surface area contributed by atoms with Gasteiger partial charge in [0.15, 0.2) is 0 Å². The van der Waals surface area contributed by atoms with Crippen LogP contribution in [-0.4, -0.2) is 53.2 Å². The molecule has 1 atom stereocenters. The third-order valence-electron chi connectivity index (χ3n) is 4.54. The Hall–Kier alpha value is -2.20. The van der Waals surface area contributed by atoms with E-state index in [2.05, 4.69) is 15.5 Å². The number of carbonyl (C=O) groups excluding carboxylic acids is 1. The minimum Gasteiger partial charge on any atom is -0.369 e. The first-order valence-corrected chi connectivity index (χ1v) is 9.33. The monoisotopic (exact) mass is 399 g/mol. The number of nitrogens with zero attached hydrogens (tertiary/aromatic N) is 4. The highest BCUT2D eigenvalue weighted by Crippen LogP contribution is 2.32. The summed E-state index contributed by atoms with van der Waals surface area (Å²) in [4.78, 5) is 16.3. The fraction of sp³-hybridized carbons (Fsp3) is 0.471. The molecule has 1 fully saturated rings. The number of amides is 1. The number of rotatable bonds is 4. The Labute approximate surface area is 159 Å². The van der Waals surface area contributed by atoms with Crippen molar-refractivity contribution >= 4 is 28.1 Å². The zero-order valence-electron chi connectivity index (χ0n) is 15.0. The summed E-state index contributed by atoms with van der Waals surface area (Å²) in [6.07, 6.45) is -4.35. The van der Waals surface area contributed by atoms with Crippen LogP contribution in [0.5, 0.6) is 0 Å². The summed E-state index contributed by atoms with van der Waals surface area (Å²) in [5.41, 5.74) is -0.103.